The zero-order valence-electron chi connectivity index (χ0n) is 12.3. The SMILES string of the molecule is Cc1ccc2c(c1)[nH]c1c(-c3cc(C)sc3C)nccc12. The van der Waals surface area contributed by atoms with Crippen molar-refractivity contribution in [1.29, 1.82) is 0 Å². The van der Waals surface area contributed by atoms with Gasteiger partial charge in [-0.15, -0.1) is 11.3 Å². The average Bonchev–Trinajstić information content (AvgIpc) is 2.97. The van der Waals surface area contributed by atoms with Gasteiger partial charge in [0.15, 0.2) is 0 Å². The molecule has 4 aromatic rings. The van der Waals surface area contributed by atoms with Crippen molar-refractivity contribution in [2.75, 3.05) is 0 Å². The van der Waals surface area contributed by atoms with Crippen LogP contribution >= 0.6 is 11.3 Å². The van der Waals surface area contributed by atoms with Gasteiger partial charge in [0.1, 0.15) is 0 Å². The van der Waals surface area contributed by atoms with Crippen LogP contribution in [0.5, 0.6) is 0 Å². The Hall–Kier alpha value is -2.13. The Kier molecular flexibility index (Phi) is 2.66. The second-order valence-corrected chi connectivity index (χ2v) is 7.04. The molecule has 0 unspecified atom stereocenters. The van der Waals surface area contributed by atoms with Crippen LogP contribution in [0.2, 0.25) is 0 Å². The number of aromatic amines is 1. The molecule has 21 heavy (non-hydrogen) atoms. The minimum absolute atomic E-state index is 1.06. The Morgan fingerprint density at radius 1 is 1.00 bits per heavy atom. The number of aromatic nitrogens is 2. The first-order chi connectivity index (χ1) is 10.1. The zero-order chi connectivity index (χ0) is 14.6. The third-order valence-electron chi connectivity index (χ3n) is 3.97. The van der Waals surface area contributed by atoms with E-state index in [1.165, 1.54) is 37.2 Å². The molecule has 0 atom stereocenters. The summed E-state index contributed by atoms with van der Waals surface area (Å²) in [4.78, 5) is 10.9. The third kappa shape index (κ3) is 1.88. The number of rotatable bonds is 1. The van der Waals surface area contributed by atoms with Gasteiger partial charge in [0.2, 0.25) is 0 Å². The van der Waals surface area contributed by atoms with E-state index in [-0.39, 0.29) is 0 Å². The molecule has 0 aliphatic carbocycles. The lowest BCUT2D eigenvalue weighted by atomic mass is 10.1. The van der Waals surface area contributed by atoms with Gasteiger partial charge < -0.3 is 4.98 Å². The van der Waals surface area contributed by atoms with E-state index in [4.69, 9.17) is 0 Å². The van der Waals surface area contributed by atoms with Crippen LogP contribution in [0.4, 0.5) is 0 Å². The summed E-state index contributed by atoms with van der Waals surface area (Å²) in [6.45, 7) is 6.44. The summed E-state index contributed by atoms with van der Waals surface area (Å²) in [5, 5.41) is 2.52. The Morgan fingerprint density at radius 3 is 2.62 bits per heavy atom. The molecule has 0 radical (unpaired) electrons. The molecule has 0 aliphatic rings. The van der Waals surface area contributed by atoms with Crippen LogP contribution in [0.3, 0.4) is 0 Å². The van der Waals surface area contributed by atoms with E-state index in [1.807, 2.05) is 17.5 Å². The van der Waals surface area contributed by atoms with E-state index in [9.17, 15) is 0 Å². The predicted octanol–water partition coefficient (Wildman–Crippen LogP) is 5.37. The summed E-state index contributed by atoms with van der Waals surface area (Å²) in [5.74, 6) is 0. The molecule has 0 saturated heterocycles. The molecule has 4 rings (SSSR count). The number of benzene rings is 1. The lowest BCUT2D eigenvalue weighted by molar-refractivity contribution is 1.34. The van der Waals surface area contributed by atoms with Crippen molar-refractivity contribution >= 4 is 33.1 Å². The van der Waals surface area contributed by atoms with Crippen molar-refractivity contribution < 1.29 is 0 Å². The highest BCUT2D eigenvalue weighted by molar-refractivity contribution is 7.12. The van der Waals surface area contributed by atoms with Crippen molar-refractivity contribution in [2.24, 2.45) is 0 Å². The fourth-order valence-electron chi connectivity index (χ4n) is 3.01. The molecular weight excluding hydrogens is 276 g/mol. The molecule has 2 nitrogen and oxygen atoms in total. The largest absolute Gasteiger partial charge is 0.353 e. The lowest BCUT2D eigenvalue weighted by Gasteiger charge is -2.01. The molecule has 1 N–H and O–H groups in total. The van der Waals surface area contributed by atoms with Gasteiger partial charge in [-0.3, -0.25) is 4.98 Å². The maximum atomic E-state index is 4.64. The third-order valence-corrected chi connectivity index (χ3v) is 4.94. The molecule has 1 aromatic carbocycles. The molecule has 3 aromatic heterocycles. The van der Waals surface area contributed by atoms with Gasteiger partial charge in [-0.1, -0.05) is 12.1 Å². The van der Waals surface area contributed by atoms with Crippen LogP contribution in [0.15, 0.2) is 36.5 Å². The fourth-order valence-corrected chi connectivity index (χ4v) is 3.94. The van der Waals surface area contributed by atoms with Gasteiger partial charge in [0.05, 0.1) is 11.2 Å². The second-order valence-electron chi connectivity index (χ2n) is 5.58. The van der Waals surface area contributed by atoms with Gasteiger partial charge in [0, 0.05) is 37.8 Å². The Morgan fingerprint density at radius 2 is 1.86 bits per heavy atom. The molecule has 3 heteroatoms. The number of H-pyrrole nitrogens is 1. The molecule has 0 fully saturated rings. The maximum Gasteiger partial charge on any atom is 0.0954 e. The minimum atomic E-state index is 1.06. The van der Waals surface area contributed by atoms with Crippen LogP contribution in [-0.4, -0.2) is 9.97 Å². The van der Waals surface area contributed by atoms with Crippen molar-refractivity contribution in [2.45, 2.75) is 20.8 Å². The normalized spacial score (nSPS) is 11.6. The van der Waals surface area contributed by atoms with Crippen LogP contribution in [0, 0.1) is 20.8 Å². The minimum Gasteiger partial charge on any atom is -0.353 e. The summed E-state index contributed by atoms with van der Waals surface area (Å²) in [7, 11) is 0. The van der Waals surface area contributed by atoms with E-state index >= 15 is 0 Å². The van der Waals surface area contributed by atoms with Crippen LogP contribution in [-0.2, 0) is 0 Å². The Bertz CT molecular complexity index is 976. The van der Waals surface area contributed by atoms with E-state index < -0.39 is 0 Å². The van der Waals surface area contributed by atoms with Crippen LogP contribution in [0.25, 0.3) is 33.1 Å². The summed E-state index contributed by atoms with van der Waals surface area (Å²) < 4.78 is 0. The average molecular weight is 292 g/mol. The highest BCUT2D eigenvalue weighted by Crippen LogP contribution is 2.36. The summed E-state index contributed by atoms with van der Waals surface area (Å²) in [5.41, 5.74) is 5.89. The van der Waals surface area contributed by atoms with E-state index in [0.29, 0.717) is 0 Å². The molecule has 0 spiro atoms. The second kappa shape index (κ2) is 4.43. The Balaban J connectivity index is 2.11. The van der Waals surface area contributed by atoms with Crippen LogP contribution < -0.4 is 0 Å². The topological polar surface area (TPSA) is 28.7 Å². The molecule has 3 heterocycles. The highest BCUT2D eigenvalue weighted by Gasteiger charge is 2.14. The number of nitrogens with one attached hydrogen (secondary N) is 1. The van der Waals surface area contributed by atoms with E-state index in [2.05, 4.69) is 61.1 Å². The number of hydrogen-bond acceptors (Lipinski definition) is 2. The van der Waals surface area contributed by atoms with Crippen molar-refractivity contribution in [3.63, 3.8) is 0 Å². The predicted molar refractivity (Wildman–Crippen MR) is 91.1 cm³/mol. The molecule has 0 bridgehead atoms. The smallest absolute Gasteiger partial charge is 0.0954 e. The summed E-state index contributed by atoms with van der Waals surface area (Å²) >= 11 is 1.83. The number of nitrogens with zero attached hydrogens (tertiary/aromatic N) is 1. The van der Waals surface area contributed by atoms with E-state index in [1.54, 1.807) is 0 Å². The Labute approximate surface area is 127 Å². The van der Waals surface area contributed by atoms with E-state index in [0.717, 1.165) is 11.2 Å². The first kappa shape index (κ1) is 12.6. The number of thiophene rings is 1. The first-order valence-electron chi connectivity index (χ1n) is 7.08. The van der Waals surface area contributed by atoms with Gasteiger partial charge in [-0.2, -0.15) is 0 Å². The number of aryl methyl sites for hydroxylation is 3. The number of fused-ring (bicyclic) bond motifs is 3. The maximum absolute atomic E-state index is 4.64. The lowest BCUT2D eigenvalue weighted by Crippen LogP contribution is -1.84. The highest BCUT2D eigenvalue weighted by atomic mass is 32.1. The number of pyridine rings is 1. The zero-order valence-corrected chi connectivity index (χ0v) is 13.1. The number of hydrogen-bond donors (Lipinski definition) is 1. The van der Waals surface area contributed by atoms with Gasteiger partial charge in [-0.05, 0) is 44.5 Å². The molecule has 104 valence electrons. The van der Waals surface area contributed by atoms with Gasteiger partial charge in [-0.25, -0.2) is 0 Å². The van der Waals surface area contributed by atoms with Crippen molar-refractivity contribution in [1.82, 2.24) is 9.97 Å². The van der Waals surface area contributed by atoms with Crippen LogP contribution in [0.1, 0.15) is 15.3 Å². The summed E-state index contributed by atoms with van der Waals surface area (Å²) in [6.07, 6.45) is 1.91. The molecule has 0 aliphatic heterocycles. The van der Waals surface area contributed by atoms with Gasteiger partial charge >= 0.3 is 0 Å². The molecular formula is C18H16N2S. The first-order valence-corrected chi connectivity index (χ1v) is 7.89. The molecule has 0 saturated carbocycles. The van der Waals surface area contributed by atoms with Crippen molar-refractivity contribution in [3.05, 3.63) is 51.8 Å². The summed E-state index contributed by atoms with van der Waals surface area (Å²) in [6, 6.07) is 10.9. The fraction of sp³-hybridized carbons (Fsp3) is 0.167. The quantitative estimate of drug-likeness (QED) is 0.502. The molecule has 0 amide bonds. The monoisotopic (exact) mass is 292 g/mol. The van der Waals surface area contributed by atoms with Gasteiger partial charge in [0.25, 0.3) is 0 Å². The standard InChI is InChI=1S/C18H16N2S/c1-10-4-5-13-14-6-7-19-17(18(14)20-16(13)8-10)15-9-11(2)21-12(15)3/h4-9,20H,1-3H3. The van der Waals surface area contributed by atoms with Crippen molar-refractivity contribution in [3.8, 4) is 11.3 Å².